The number of carbonyl (C=O) groups is 3. The number of amides is 1. The number of carbonyl (C=O) groups excluding carboxylic acids is 3. The fourth-order valence-electron chi connectivity index (χ4n) is 5.14. The Morgan fingerprint density at radius 2 is 1.83 bits per heavy atom. The first-order valence-electron chi connectivity index (χ1n) is 12.5. The largest absolute Gasteiger partial charge is 0.493 e. The van der Waals surface area contributed by atoms with Gasteiger partial charge in [-0.1, -0.05) is 43.0 Å². The second kappa shape index (κ2) is 12.5. The van der Waals surface area contributed by atoms with Crippen LogP contribution in [0.4, 0.5) is 0 Å². The number of hydrogen-bond donors (Lipinski definition) is 1. The van der Waals surface area contributed by atoms with Gasteiger partial charge in [-0.2, -0.15) is 0 Å². The zero-order chi connectivity index (χ0) is 26.2. The molecule has 1 fully saturated rings. The molecule has 194 valence electrons. The molecule has 8 nitrogen and oxygen atoms in total. The molecule has 1 aliphatic carbocycles. The van der Waals surface area contributed by atoms with Crippen LogP contribution in [0.25, 0.3) is 0 Å². The van der Waals surface area contributed by atoms with Gasteiger partial charge in [-0.15, -0.1) is 0 Å². The lowest BCUT2D eigenvalue weighted by atomic mass is 9.73. The highest BCUT2D eigenvalue weighted by Crippen LogP contribution is 2.40. The zero-order valence-corrected chi connectivity index (χ0v) is 21.8. The van der Waals surface area contributed by atoms with Crippen LogP contribution >= 0.6 is 0 Å². The van der Waals surface area contributed by atoms with Crippen LogP contribution in [-0.4, -0.2) is 42.6 Å². The standard InChI is InChI=1S/C28H36N2O6/c1-17-11-12-22(18(2)15-17)25(21-9-7-6-8-10-21)19(3)35-24(32)16-30-28(33)26-27(36-20(4)31)23(34-5)13-14-29-26/h11-15,19,21,25H,6-10,16H2,1-5H3,(H,30,33). The van der Waals surface area contributed by atoms with Gasteiger partial charge in [0.05, 0.1) is 7.11 Å². The SMILES string of the molecule is COc1ccnc(C(=O)NCC(=O)OC(C)C(c2ccc(C)cc2C)C2CCCCC2)c1OC(C)=O. The summed E-state index contributed by atoms with van der Waals surface area (Å²) >= 11 is 0. The normalized spacial score (nSPS) is 15.5. The molecule has 0 aliphatic heterocycles. The molecule has 1 amide bonds. The predicted octanol–water partition coefficient (Wildman–Crippen LogP) is 4.66. The number of hydrogen-bond acceptors (Lipinski definition) is 7. The third kappa shape index (κ3) is 6.83. The van der Waals surface area contributed by atoms with E-state index in [0.717, 1.165) is 12.8 Å². The molecule has 2 unspecified atom stereocenters. The fourth-order valence-corrected chi connectivity index (χ4v) is 5.14. The molecule has 0 radical (unpaired) electrons. The molecule has 0 saturated heterocycles. The lowest BCUT2D eigenvalue weighted by Crippen LogP contribution is -2.36. The van der Waals surface area contributed by atoms with Gasteiger partial charge in [0, 0.05) is 25.1 Å². The van der Waals surface area contributed by atoms with Gasteiger partial charge in [0.25, 0.3) is 5.91 Å². The van der Waals surface area contributed by atoms with Crippen molar-refractivity contribution in [3.05, 3.63) is 52.8 Å². The molecule has 1 aromatic carbocycles. The van der Waals surface area contributed by atoms with E-state index >= 15 is 0 Å². The number of nitrogens with zero attached hydrogens (tertiary/aromatic N) is 1. The Labute approximate surface area is 212 Å². The molecular weight excluding hydrogens is 460 g/mol. The minimum atomic E-state index is -0.673. The number of aryl methyl sites for hydroxylation is 2. The summed E-state index contributed by atoms with van der Waals surface area (Å²) in [5, 5.41) is 2.52. The minimum Gasteiger partial charge on any atom is -0.493 e. The number of aromatic nitrogens is 1. The number of nitrogens with one attached hydrogen (secondary N) is 1. The first kappa shape index (κ1) is 27.2. The Morgan fingerprint density at radius 3 is 2.47 bits per heavy atom. The molecule has 2 atom stereocenters. The quantitative estimate of drug-likeness (QED) is 0.504. The van der Waals surface area contributed by atoms with Crippen LogP contribution in [0.1, 0.15) is 79.0 Å². The van der Waals surface area contributed by atoms with Crippen molar-refractivity contribution < 1.29 is 28.6 Å². The van der Waals surface area contributed by atoms with E-state index in [1.807, 2.05) is 6.92 Å². The van der Waals surface area contributed by atoms with Crippen molar-refractivity contribution in [2.24, 2.45) is 5.92 Å². The van der Waals surface area contributed by atoms with E-state index in [2.05, 4.69) is 42.3 Å². The van der Waals surface area contributed by atoms with Gasteiger partial charge in [0.15, 0.2) is 11.4 Å². The summed E-state index contributed by atoms with van der Waals surface area (Å²) in [5.41, 5.74) is 3.46. The van der Waals surface area contributed by atoms with Gasteiger partial charge in [-0.25, -0.2) is 4.98 Å². The second-order valence-corrected chi connectivity index (χ2v) is 9.45. The summed E-state index contributed by atoms with van der Waals surface area (Å²) in [6.45, 7) is 6.98. The fraction of sp³-hybridized carbons (Fsp3) is 0.500. The van der Waals surface area contributed by atoms with Crippen molar-refractivity contribution in [3.8, 4) is 11.5 Å². The van der Waals surface area contributed by atoms with Crippen molar-refractivity contribution in [3.63, 3.8) is 0 Å². The summed E-state index contributed by atoms with van der Waals surface area (Å²) in [4.78, 5) is 41.0. The first-order valence-corrected chi connectivity index (χ1v) is 12.5. The van der Waals surface area contributed by atoms with E-state index < -0.39 is 17.8 Å². The number of esters is 2. The average Bonchev–Trinajstić information content (AvgIpc) is 2.84. The van der Waals surface area contributed by atoms with Crippen LogP contribution in [0.5, 0.6) is 11.5 Å². The van der Waals surface area contributed by atoms with Gasteiger partial charge < -0.3 is 19.5 Å². The highest BCUT2D eigenvalue weighted by Gasteiger charge is 2.33. The lowest BCUT2D eigenvalue weighted by Gasteiger charge is -2.35. The third-order valence-electron chi connectivity index (χ3n) is 6.71. The summed E-state index contributed by atoms with van der Waals surface area (Å²) in [7, 11) is 1.39. The number of ether oxygens (including phenoxy) is 3. The van der Waals surface area contributed by atoms with Crippen LogP contribution in [0, 0.1) is 19.8 Å². The maximum Gasteiger partial charge on any atom is 0.325 e. The summed E-state index contributed by atoms with van der Waals surface area (Å²) in [6, 6.07) is 7.90. The molecule has 8 heteroatoms. The molecular formula is C28H36N2O6. The van der Waals surface area contributed by atoms with Gasteiger partial charge in [-0.05, 0) is 50.7 Å². The Hall–Kier alpha value is -3.42. The van der Waals surface area contributed by atoms with Crippen LogP contribution in [0.2, 0.25) is 0 Å². The number of methoxy groups -OCH3 is 1. The second-order valence-electron chi connectivity index (χ2n) is 9.45. The molecule has 1 aliphatic rings. The molecule has 0 bridgehead atoms. The van der Waals surface area contributed by atoms with Crippen molar-refractivity contribution in [1.29, 1.82) is 0 Å². The average molecular weight is 497 g/mol. The lowest BCUT2D eigenvalue weighted by molar-refractivity contribution is -0.149. The molecule has 1 N–H and O–H groups in total. The molecule has 36 heavy (non-hydrogen) atoms. The van der Waals surface area contributed by atoms with E-state index in [4.69, 9.17) is 14.2 Å². The smallest absolute Gasteiger partial charge is 0.325 e. The number of rotatable bonds is 9. The van der Waals surface area contributed by atoms with Crippen LogP contribution < -0.4 is 14.8 Å². The molecule has 2 aromatic rings. The summed E-state index contributed by atoms with van der Waals surface area (Å²) in [5.74, 6) is -1.23. The zero-order valence-electron chi connectivity index (χ0n) is 21.8. The minimum absolute atomic E-state index is 0.0844. The van der Waals surface area contributed by atoms with E-state index in [-0.39, 0.29) is 35.8 Å². The van der Waals surface area contributed by atoms with E-state index in [1.165, 1.54) is 62.2 Å². The maximum absolute atomic E-state index is 12.8. The van der Waals surface area contributed by atoms with E-state index in [0.29, 0.717) is 5.92 Å². The number of pyridine rings is 1. The van der Waals surface area contributed by atoms with Crippen molar-refractivity contribution in [2.45, 2.75) is 71.8 Å². The third-order valence-corrected chi connectivity index (χ3v) is 6.71. The Balaban J connectivity index is 1.70. The van der Waals surface area contributed by atoms with E-state index in [9.17, 15) is 14.4 Å². The Morgan fingerprint density at radius 1 is 1.11 bits per heavy atom. The van der Waals surface area contributed by atoms with Crippen LogP contribution in [0.15, 0.2) is 30.5 Å². The predicted molar refractivity (Wildman–Crippen MR) is 135 cm³/mol. The van der Waals surface area contributed by atoms with Gasteiger partial charge in [-0.3, -0.25) is 14.4 Å². The van der Waals surface area contributed by atoms with Crippen molar-refractivity contribution >= 4 is 17.8 Å². The highest BCUT2D eigenvalue weighted by atomic mass is 16.6. The van der Waals surface area contributed by atoms with Gasteiger partial charge in [0.2, 0.25) is 5.75 Å². The summed E-state index contributed by atoms with van der Waals surface area (Å²) in [6.07, 6.45) is 6.82. The molecule has 1 aromatic heterocycles. The van der Waals surface area contributed by atoms with Crippen LogP contribution in [-0.2, 0) is 14.3 Å². The Kier molecular flexibility index (Phi) is 9.44. The summed E-state index contributed by atoms with van der Waals surface area (Å²) < 4.78 is 16.1. The van der Waals surface area contributed by atoms with E-state index in [1.54, 1.807) is 0 Å². The monoisotopic (exact) mass is 496 g/mol. The van der Waals surface area contributed by atoms with Crippen molar-refractivity contribution in [1.82, 2.24) is 10.3 Å². The molecule has 0 spiro atoms. The van der Waals surface area contributed by atoms with Crippen LogP contribution in [0.3, 0.4) is 0 Å². The van der Waals surface area contributed by atoms with Crippen molar-refractivity contribution in [2.75, 3.05) is 13.7 Å². The molecule has 1 heterocycles. The molecule has 3 rings (SSSR count). The highest BCUT2D eigenvalue weighted by molar-refractivity contribution is 5.98. The van der Waals surface area contributed by atoms with Gasteiger partial charge in [0.1, 0.15) is 12.6 Å². The topological polar surface area (TPSA) is 104 Å². The first-order chi connectivity index (χ1) is 17.2. The number of benzene rings is 1. The maximum atomic E-state index is 12.8. The van der Waals surface area contributed by atoms with Gasteiger partial charge >= 0.3 is 11.9 Å². The Bertz CT molecular complexity index is 1090. The molecule has 1 saturated carbocycles.